The summed E-state index contributed by atoms with van der Waals surface area (Å²) in [6.07, 6.45) is 8.95. The van der Waals surface area contributed by atoms with Gasteiger partial charge in [0.25, 0.3) is 5.91 Å². The first-order chi connectivity index (χ1) is 19.1. The van der Waals surface area contributed by atoms with Gasteiger partial charge in [-0.1, -0.05) is 29.8 Å². The van der Waals surface area contributed by atoms with Gasteiger partial charge >= 0.3 is 0 Å². The molecule has 5 atom stereocenters. The molecule has 2 aliphatic heterocycles. The smallest absolute Gasteiger partial charge is 0.264 e. The summed E-state index contributed by atoms with van der Waals surface area (Å²) < 4.78 is 34.6. The lowest BCUT2D eigenvalue weighted by atomic mass is 9.68. The highest BCUT2D eigenvalue weighted by atomic mass is 35.5. The second kappa shape index (κ2) is 10.7. The van der Waals surface area contributed by atoms with Crippen molar-refractivity contribution in [2.75, 3.05) is 24.6 Å². The molecule has 1 saturated carbocycles. The predicted octanol–water partition coefficient (Wildman–Crippen LogP) is 5.00. The summed E-state index contributed by atoms with van der Waals surface area (Å²) in [4.78, 5) is 15.5. The minimum atomic E-state index is -3.86. The largest absolute Gasteiger partial charge is 0.490 e. The number of amides is 1. The first-order valence-electron chi connectivity index (χ1n) is 14.4. The van der Waals surface area contributed by atoms with Gasteiger partial charge in [0.1, 0.15) is 5.75 Å². The van der Waals surface area contributed by atoms with Crippen LogP contribution < -0.4 is 14.4 Å². The Morgan fingerprint density at radius 1 is 1.15 bits per heavy atom. The van der Waals surface area contributed by atoms with E-state index in [0.29, 0.717) is 37.7 Å². The zero-order chi connectivity index (χ0) is 28.1. The highest BCUT2D eigenvalue weighted by Crippen LogP contribution is 2.46. The van der Waals surface area contributed by atoms with Crippen molar-refractivity contribution in [2.24, 2.45) is 11.8 Å². The summed E-state index contributed by atoms with van der Waals surface area (Å²) in [5.41, 5.74) is 3.33. The number of aliphatic hydroxyl groups is 1. The number of rotatable bonds is 0. The average molecular weight is 585 g/mol. The second-order valence-electron chi connectivity index (χ2n) is 12.1. The van der Waals surface area contributed by atoms with Gasteiger partial charge in [-0.25, -0.2) is 13.1 Å². The molecule has 40 heavy (non-hydrogen) atoms. The molecule has 2 aromatic rings. The van der Waals surface area contributed by atoms with Crippen molar-refractivity contribution in [2.45, 2.75) is 68.6 Å². The number of aliphatic hydroxyl groups excluding tert-OH is 1. The van der Waals surface area contributed by atoms with Gasteiger partial charge in [-0.15, -0.1) is 0 Å². The normalized spacial score (nSPS) is 32.5. The Labute approximate surface area is 241 Å². The van der Waals surface area contributed by atoms with Gasteiger partial charge in [0, 0.05) is 29.1 Å². The quantitative estimate of drug-likeness (QED) is 0.423. The Morgan fingerprint density at radius 3 is 2.80 bits per heavy atom. The zero-order valence-corrected chi connectivity index (χ0v) is 24.4. The van der Waals surface area contributed by atoms with Crippen LogP contribution in [0.3, 0.4) is 0 Å². The Morgan fingerprint density at radius 2 is 2.00 bits per heavy atom. The molecule has 2 aliphatic carbocycles. The standard InChI is InChI=1S/C31H37ClN2O5S/c1-20-5-2-3-7-28(35)25-11-8-23(25)17-34-18-31(14-4-6-21-15-24(32)10-12-26(21)31)19-39-29-13-9-22(16-27(29)34)30(36)33-40(20,37)38/h3,7,9-10,12-13,15-16,20,23,25,28,35H,2,4-6,8,11,14,17-19H2,1H3,(H,33,36)/b7-3-/t20-,23+,25-,28+,31+/m1/s1. The molecule has 2 N–H and O–H groups in total. The molecule has 2 heterocycles. The molecule has 7 nitrogen and oxygen atoms in total. The van der Waals surface area contributed by atoms with E-state index in [-0.39, 0.29) is 16.9 Å². The van der Waals surface area contributed by atoms with Gasteiger partial charge in [-0.05, 0) is 105 Å². The van der Waals surface area contributed by atoms with Crippen LogP contribution in [0.4, 0.5) is 5.69 Å². The Bertz CT molecular complexity index is 1440. The average Bonchev–Trinajstić information content (AvgIpc) is 3.05. The number of nitrogens with one attached hydrogen (secondary N) is 1. The number of allylic oxidation sites excluding steroid dienone is 1. The maximum Gasteiger partial charge on any atom is 0.264 e. The van der Waals surface area contributed by atoms with Gasteiger partial charge in [-0.3, -0.25) is 4.79 Å². The summed E-state index contributed by atoms with van der Waals surface area (Å²) in [7, 11) is -3.86. The van der Waals surface area contributed by atoms with Crippen molar-refractivity contribution in [3.8, 4) is 5.75 Å². The molecule has 9 heteroatoms. The summed E-state index contributed by atoms with van der Waals surface area (Å²) in [5, 5.41) is 11.0. The summed E-state index contributed by atoms with van der Waals surface area (Å²) >= 11 is 6.37. The van der Waals surface area contributed by atoms with Crippen molar-refractivity contribution in [3.63, 3.8) is 0 Å². The fourth-order valence-corrected chi connectivity index (χ4v) is 8.18. The van der Waals surface area contributed by atoms with Crippen LogP contribution in [0.25, 0.3) is 0 Å². The number of aryl methyl sites for hydroxylation is 1. The number of nitrogens with zero attached hydrogens (tertiary/aromatic N) is 1. The molecule has 0 radical (unpaired) electrons. The molecule has 214 valence electrons. The van der Waals surface area contributed by atoms with Gasteiger partial charge in [-0.2, -0.15) is 0 Å². The van der Waals surface area contributed by atoms with E-state index in [2.05, 4.69) is 21.8 Å². The maximum atomic E-state index is 13.2. The zero-order valence-electron chi connectivity index (χ0n) is 22.8. The molecule has 1 spiro atoms. The fraction of sp³-hybridized carbons (Fsp3) is 0.516. The minimum Gasteiger partial charge on any atom is -0.490 e. The Kier molecular flexibility index (Phi) is 7.38. The number of carbonyl (C=O) groups excluding carboxylic acids is 1. The molecule has 6 rings (SSSR count). The van der Waals surface area contributed by atoms with Crippen molar-refractivity contribution in [3.05, 3.63) is 70.3 Å². The lowest BCUT2D eigenvalue weighted by Crippen LogP contribution is -2.49. The number of hydrogen-bond acceptors (Lipinski definition) is 6. The number of fused-ring (bicyclic) bond motifs is 4. The Balaban J connectivity index is 1.42. The SMILES string of the molecule is C[C@@H]1CC/C=C\[C@H](O)[C@@H]2CC[C@H]2CN2C[C@@]3(CCCc4cc(Cl)ccc43)COc3ccc(cc32)C(=O)NS1(=O)=O. The molecular weight excluding hydrogens is 548 g/mol. The molecule has 1 fully saturated rings. The maximum absolute atomic E-state index is 13.2. The van der Waals surface area contributed by atoms with E-state index in [1.54, 1.807) is 25.1 Å². The fourth-order valence-electron chi connectivity index (χ4n) is 6.96. The topological polar surface area (TPSA) is 95.9 Å². The minimum absolute atomic E-state index is 0.137. The number of benzene rings is 2. The van der Waals surface area contributed by atoms with Gasteiger partial charge < -0.3 is 14.7 Å². The number of anilines is 1. The molecule has 2 aromatic carbocycles. The third-order valence-corrected chi connectivity index (χ3v) is 11.5. The van der Waals surface area contributed by atoms with Gasteiger partial charge in [0.05, 0.1) is 23.6 Å². The highest BCUT2D eigenvalue weighted by Gasteiger charge is 2.44. The molecular formula is C31H37ClN2O5S. The first kappa shape index (κ1) is 27.6. The van der Waals surface area contributed by atoms with Crippen molar-refractivity contribution >= 4 is 33.2 Å². The second-order valence-corrected chi connectivity index (χ2v) is 14.6. The molecule has 2 bridgehead atoms. The van der Waals surface area contributed by atoms with E-state index < -0.39 is 27.3 Å². The van der Waals surface area contributed by atoms with Crippen LogP contribution in [-0.4, -0.2) is 50.5 Å². The Hall–Kier alpha value is -2.55. The predicted molar refractivity (Wildman–Crippen MR) is 157 cm³/mol. The number of carbonyl (C=O) groups is 1. The van der Waals surface area contributed by atoms with E-state index in [1.165, 1.54) is 11.1 Å². The summed E-state index contributed by atoms with van der Waals surface area (Å²) in [6, 6.07) is 11.4. The molecule has 0 aromatic heterocycles. The van der Waals surface area contributed by atoms with E-state index in [4.69, 9.17) is 16.3 Å². The molecule has 1 amide bonds. The number of hydrogen-bond donors (Lipinski definition) is 2. The number of ether oxygens (including phenoxy) is 1. The first-order valence-corrected chi connectivity index (χ1v) is 16.3. The van der Waals surface area contributed by atoms with E-state index >= 15 is 0 Å². The third kappa shape index (κ3) is 5.14. The van der Waals surface area contributed by atoms with Crippen LogP contribution >= 0.6 is 11.6 Å². The lowest BCUT2D eigenvalue weighted by Gasteiger charge is -2.45. The monoisotopic (exact) mass is 584 g/mol. The van der Waals surface area contributed by atoms with Gasteiger partial charge in [0.2, 0.25) is 10.0 Å². The van der Waals surface area contributed by atoms with Gasteiger partial charge in [0.15, 0.2) is 0 Å². The highest BCUT2D eigenvalue weighted by molar-refractivity contribution is 7.90. The van der Waals surface area contributed by atoms with Crippen LogP contribution in [0.1, 0.15) is 66.9 Å². The van der Waals surface area contributed by atoms with Crippen LogP contribution in [0.5, 0.6) is 5.75 Å². The molecule has 0 unspecified atom stereocenters. The lowest BCUT2D eigenvalue weighted by molar-refractivity contribution is 0.0456. The van der Waals surface area contributed by atoms with E-state index in [9.17, 15) is 18.3 Å². The summed E-state index contributed by atoms with van der Waals surface area (Å²) in [6.45, 7) is 3.52. The van der Waals surface area contributed by atoms with Crippen LogP contribution in [-0.2, 0) is 21.9 Å². The van der Waals surface area contributed by atoms with Crippen LogP contribution in [0.2, 0.25) is 5.02 Å². The van der Waals surface area contributed by atoms with Crippen molar-refractivity contribution < 1.29 is 23.1 Å². The molecule has 0 saturated heterocycles. The van der Waals surface area contributed by atoms with Crippen LogP contribution in [0, 0.1) is 11.8 Å². The molecule has 4 aliphatic rings. The number of halogens is 1. The van der Waals surface area contributed by atoms with Crippen LogP contribution in [0.15, 0.2) is 48.6 Å². The van der Waals surface area contributed by atoms with Crippen molar-refractivity contribution in [1.82, 2.24) is 4.72 Å². The van der Waals surface area contributed by atoms with E-state index in [1.807, 2.05) is 18.2 Å². The van der Waals surface area contributed by atoms with Crippen molar-refractivity contribution in [1.29, 1.82) is 0 Å². The number of sulfonamides is 1. The van der Waals surface area contributed by atoms with E-state index in [0.717, 1.165) is 49.4 Å². The third-order valence-electron chi connectivity index (χ3n) is 9.51. The summed E-state index contributed by atoms with van der Waals surface area (Å²) in [5.74, 6) is 0.479.